The first kappa shape index (κ1) is 82.9. The fraction of sp³-hybridized carbons (Fsp3) is 0.829. The van der Waals surface area contributed by atoms with Crippen LogP contribution >= 0.6 is 7.82 Å². The van der Waals surface area contributed by atoms with E-state index in [1.54, 1.807) is 6.08 Å². The largest absolute Gasteiger partial charge is 0.756 e. The van der Waals surface area contributed by atoms with E-state index in [4.69, 9.17) is 9.05 Å². The Labute approximate surface area is 529 Å². The highest BCUT2D eigenvalue weighted by Gasteiger charge is 2.23. The molecular weight excluding hydrogens is 1070 g/mol. The van der Waals surface area contributed by atoms with Crippen LogP contribution in [0, 0.1) is 0 Å². The monoisotopic (exact) mass is 1210 g/mol. The SMILES string of the molecule is CC/C=C\C/C=C\C/C=C\C/C=C\CCCCCCCCCCCCCCCCCCCCCCCCCCCCCCC(=O)NC(COP(=O)([O-])OCC[N+](C)(C)C)C(O)/C=C/CC/C=C/CCCCCCCCCCCCCCCCCC. The van der Waals surface area contributed by atoms with Crippen molar-refractivity contribution in [2.75, 3.05) is 40.9 Å². The highest BCUT2D eigenvalue weighted by atomic mass is 31.2. The first-order valence-corrected chi connectivity index (χ1v) is 38.3. The number of likely N-dealkylation sites (N-methyl/N-ethyl adjacent to an activating group) is 1. The smallest absolute Gasteiger partial charge is 0.268 e. The molecule has 0 aromatic rings. The summed E-state index contributed by atoms with van der Waals surface area (Å²) in [6.45, 7) is 4.56. The Hall–Kier alpha value is -2.06. The molecule has 3 atom stereocenters. The molecule has 8 nitrogen and oxygen atoms in total. The third kappa shape index (κ3) is 69.3. The van der Waals surface area contributed by atoms with Crippen LogP contribution in [0.5, 0.6) is 0 Å². The van der Waals surface area contributed by atoms with E-state index < -0.39 is 26.6 Å². The van der Waals surface area contributed by atoms with E-state index in [2.05, 4.69) is 79.9 Å². The quantitative estimate of drug-likeness (QED) is 0.0272. The normalized spacial score (nSPS) is 14.0. The Bertz CT molecular complexity index is 1620. The number of amides is 1. The predicted octanol–water partition coefficient (Wildman–Crippen LogP) is 23.1. The second-order valence-corrected chi connectivity index (χ2v) is 27.7. The highest BCUT2D eigenvalue weighted by molar-refractivity contribution is 7.45. The average Bonchev–Trinajstić information content (AvgIpc) is 3.48. The molecule has 0 aliphatic rings. The van der Waals surface area contributed by atoms with Crippen molar-refractivity contribution in [1.82, 2.24) is 5.32 Å². The van der Waals surface area contributed by atoms with Gasteiger partial charge in [-0.05, 0) is 70.6 Å². The van der Waals surface area contributed by atoms with E-state index >= 15 is 0 Å². The van der Waals surface area contributed by atoms with E-state index in [0.717, 1.165) is 64.2 Å². The van der Waals surface area contributed by atoms with Crippen molar-refractivity contribution in [1.29, 1.82) is 0 Å². The molecule has 2 N–H and O–H groups in total. The number of aliphatic hydroxyl groups is 1. The van der Waals surface area contributed by atoms with Crippen LogP contribution in [-0.4, -0.2) is 68.5 Å². The number of hydrogen-bond acceptors (Lipinski definition) is 6. The van der Waals surface area contributed by atoms with Gasteiger partial charge in [0.15, 0.2) is 0 Å². The second kappa shape index (κ2) is 66.4. The van der Waals surface area contributed by atoms with Gasteiger partial charge in [-0.3, -0.25) is 9.36 Å². The molecular formula is C76H143N2O6P. The third-order valence-corrected chi connectivity index (χ3v) is 17.6. The predicted molar refractivity (Wildman–Crippen MR) is 371 cm³/mol. The van der Waals surface area contributed by atoms with Gasteiger partial charge in [0.1, 0.15) is 13.2 Å². The van der Waals surface area contributed by atoms with Gasteiger partial charge in [-0.25, -0.2) is 0 Å². The van der Waals surface area contributed by atoms with Crippen LogP contribution < -0.4 is 10.2 Å². The standard InChI is InChI=1S/C76H143N2O6P/c1-6-8-10-12-14-16-18-20-22-24-26-28-30-31-32-33-34-35-36-37-38-39-40-41-42-43-44-45-46-47-48-50-52-54-56-58-60-62-64-66-68-70-76(80)77-74(73-84-85(81,82)83-72-71-78(3,4)5)75(79)69-67-65-63-61-59-57-55-53-51-49-29-27-25-23-21-19-17-15-13-11-9-7-2/h8,10,14,16,20,22,26,28,59,61,67,69,74-75,79H,6-7,9,11-13,15,17-19,21,23-25,27,29-58,60,62-66,68,70-73H2,1-5H3,(H-,77,80,81,82)/b10-8-,16-14-,22-20-,28-26-,61-59+,69-67+. The number of unbranched alkanes of at least 4 members (excludes halogenated alkanes) is 45. The lowest BCUT2D eigenvalue weighted by molar-refractivity contribution is -0.870. The van der Waals surface area contributed by atoms with Crippen LogP contribution in [0.4, 0.5) is 0 Å². The average molecular weight is 1210 g/mol. The number of allylic oxidation sites excluding steroid dienone is 11. The summed E-state index contributed by atoms with van der Waals surface area (Å²) in [4.78, 5) is 25.6. The molecule has 0 saturated heterocycles. The topological polar surface area (TPSA) is 108 Å². The Kier molecular flexibility index (Phi) is 64.8. The molecule has 0 aliphatic carbocycles. The zero-order valence-corrected chi connectivity index (χ0v) is 58.0. The van der Waals surface area contributed by atoms with Crippen molar-refractivity contribution in [3.63, 3.8) is 0 Å². The Balaban J connectivity index is 3.94. The van der Waals surface area contributed by atoms with E-state index in [1.165, 1.54) is 270 Å². The van der Waals surface area contributed by atoms with Gasteiger partial charge in [0.05, 0.1) is 39.9 Å². The molecule has 3 unspecified atom stereocenters. The first-order chi connectivity index (χ1) is 41.5. The van der Waals surface area contributed by atoms with Gasteiger partial charge < -0.3 is 28.8 Å². The minimum Gasteiger partial charge on any atom is -0.756 e. The molecule has 0 fully saturated rings. The van der Waals surface area contributed by atoms with Gasteiger partial charge in [-0.15, -0.1) is 0 Å². The molecule has 0 heterocycles. The number of carbonyl (C=O) groups is 1. The number of phosphoric ester groups is 1. The first-order valence-electron chi connectivity index (χ1n) is 36.8. The van der Waals surface area contributed by atoms with Crippen LogP contribution in [-0.2, 0) is 18.4 Å². The van der Waals surface area contributed by atoms with Gasteiger partial charge in [0, 0.05) is 6.42 Å². The van der Waals surface area contributed by atoms with Gasteiger partial charge in [0.25, 0.3) is 7.82 Å². The molecule has 0 saturated carbocycles. The molecule has 0 rings (SSSR count). The number of carbonyl (C=O) groups excluding carboxylic acids is 1. The molecule has 1 amide bonds. The molecule has 9 heteroatoms. The van der Waals surface area contributed by atoms with Crippen molar-refractivity contribution in [3.05, 3.63) is 72.9 Å². The third-order valence-electron chi connectivity index (χ3n) is 16.7. The van der Waals surface area contributed by atoms with Gasteiger partial charge >= 0.3 is 0 Å². The number of nitrogens with zero attached hydrogens (tertiary/aromatic N) is 1. The molecule has 0 aromatic heterocycles. The molecule has 0 aliphatic heterocycles. The number of nitrogens with one attached hydrogen (secondary N) is 1. The minimum atomic E-state index is -4.61. The van der Waals surface area contributed by atoms with Crippen molar-refractivity contribution in [2.24, 2.45) is 0 Å². The van der Waals surface area contributed by atoms with Gasteiger partial charge in [0.2, 0.25) is 5.91 Å². The molecule has 0 bridgehead atoms. The molecule has 85 heavy (non-hydrogen) atoms. The lowest BCUT2D eigenvalue weighted by atomic mass is 10.0. The lowest BCUT2D eigenvalue weighted by Crippen LogP contribution is -2.45. The van der Waals surface area contributed by atoms with E-state index in [1.807, 2.05) is 27.2 Å². The van der Waals surface area contributed by atoms with Crippen LogP contribution in [0.3, 0.4) is 0 Å². The fourth-order valence-electron chi connectivity index (χ4n) is 11.0. The van der Waals surface area contributed by atoms with Gasteiger partial charge in [-0.1, -0.05) is 350 Å². The summed E-state index contributed by atoms with van der Waals surface area (Å²) in [6.07, 6.45) is 93.4. The summed E-state index contributed by atoms with van der Waals surface area (Å²) in [7, 11) is 1.26. The number of aliphatic hydroxyl groups excluding tert-OH is 1. The van der Waals surface area contributed by atoms with E-state index in [9.17, 15) is 19.4 Å². The Morgan fingerprint density at radius 3 is 1.09 bits per heavy atom. The van der Waals surface area contributed by atoms with Crippen molar-refractivity contribution in [3.8, 4) is 0 Å². The van der Waals surface area contributed by atoms with Crippen LogP contribution in [0.15, 0.2) is 72.9 Å². The second-order valence-electron chi connectivity index (χ2n) is 26.3. The zero-order chi connectivity index (χ0) is 61.9. The molecule has 0 spiro atoms. The van der Waals surface area contributed by atoms with Crippen molar-refractivity contribution < 1.29 is 32.9 Å². The van der Waals surface area contributed by atoms with E-state index in [-0.39, 0.29) is 12.5 Å². The van der Waals surface area contributed by atoms with Crippen molar-refractivity contribution in [2.45, 2.75) is 366 Å². The summed E-state index contributed by atoms with van der Waals surface area (Å²) in [5.41, 5.74) is 0. The summed E-state index contributed by atoms with van der Waals surface area (Å²) in [5, 5.41) is 13.9. The zero-order valence-electron chi connectivity index (χ0n) is 57.1. The van der Waals surface area contributed by atoms with E-state index in [0.29, 0.717) is 17.4 Å². The van der Waals surface area contributed by atoms with Gasteiger partial charge in [-0.2, -0.15) is 0 Å². The number of phosphoric acid groups is 1. The highest BCUT2D eigenvalue weighted by Crippen LogP contribution is 2.38. The van der Waals surface area contributed by atoms with Crippen LogP contribution in [0.25, 0.3) is 0 Å². The number of quaternary nitrogens is 1. The summed E-state index contributed by atoms with van der Waals surface area (Å²) in [6, 6.07) is -0.905. The summed E-state index contributed by atoms with van der Waals surface area (Å²) in [5.74, 6) is -0.201. The maximum atomic E-state index is 13.0. The molecule has 0 radical (unpaired) electrons. The van der Waals surface area contributed by atoms with Crippen LogP contribution in [0.1, 0.15) is 354 Å². The maximum Gasteiger partial charge on any atom is 0.268 e. The molecule has 498 valence electrons. The summed E-state index contributed by atoms with van der Waals surface area (Å²) < 4.78 is 23.4. The summed E-state index contributed by atoms with van der Waals surface area (Å²) >= 11 is 0. The number of hydrogen-bond donors (Lipinski definition) is 2. The number of rotatable bonds is 68. The maximum absolute atomic E-state index is 13.0. The lowest BCUT2D eigenvalue weighted by Gasteiger charge is -2.29. The van der Waals surface area contributed by atoms with Crippen molar-refractivity contribution >= 4 is 13.7 Å². The molecule has 0 aromatic carbocycles. The fourth-order valence-corrected chi connectivity index (χ4v) is 11.7. The Morgan fingerprint density at radius 2 is 0.729 bits per heavy atom. The van der Waals surface area contributed by atoms with Crippen LogP contribution in [0.2, 0.25) is 0 Å². The Morgan fingerprint density at radius 1 is 0.424 bits per heavy atom. The minimum absolute atomic E-state index is 0.00552.